The van der Waals surface area contributed by atoms with Crippen LogP contribution in [0.2, 0.25) is 5.02 Å². The molecule has 214 valence electrons. The fourth-order valence-corrected chi connectivity index (χ4v) is 5.32. The molecular formula is C31H26ClN3O7. The van der Waals surface area contributed by atoms with E-state index in [1.165, 1.54) is 42.2 Å². The number of carbonyl (C=O) groups is 4. The van der Waals surface area contributed by atoms with Crippen LogP contribution in [0.1, 0.15) is 39.5 Å². The Morgan fingerprint density at radius 3 is 2.14 bits per heavy atom. The third-order valence-electron chi connectivity index (χ3n) is 7.08. The predicted molar refractivity (Wildman–Crippen MR) is 154 cm³/mol. The molecule has 10 nitrogen and oxygen atoms in total. The zero-order valence-corrected chi connectivity index (χ0v) is 23.4. The minimum absolute atomic E-state index is 0.105. The number of amides is 1. The van der Waals surface area contributed by atoms with Crippen LogP contribution >= 0.6 is 11.6 Å². The highest BCUT2D eigenvalue weighted by Crippen LogP contribution is 2.44. The molecule has 0 unspecified atom stereocenters. The molecule has 3 aromatic carbocycles. The molecule has 11 heteroatoms. The Bertz CT molecular complexity index is 1640. The minimum Gasteiger partial charge on any atom is -0.481 e. The number of nitrogens with zero attached hydrogens (tertiary/aromatic N) is 3. The van der Waals surface area contributed by atoms with Crippen molar-refractivity contribution < 1.29 is 33.8 Å². The second-order valence-electron chi connectivity index (χ2n) is 9.68. The normalized spacial score (nSPS) is 12.6. The summed E-state index contributed by atoms with van der Waals surface area (Å²) in [7, 11) is 2.61. The third-order valence-corrected chi connectivity index (χ3v) is 7.33. The number of ether oxygens (including phenoxy) is 2. The summed E-state index contributed by atoms with van der Waals surface area (Å²) < 4.78 is 12.0. The summed E-state index contributed by atoms with van der Waals surface area (Å²) in [4.78, 5) is 52.9. The quantitative estimate of drug-likeness (QED) is 0.212. The number of anilines is 1. The summed E-state index contributed by atoms with van der Waals surface area (Å²) in [5.74, 6) is -3.24. The van der Waals surface area contributed by atoms with Crippen molar-refractivity contribution in [1.29, 1.82) is 0 Å². The molecule has 1 aliphatic rings. The number of hydrogen-bond donors (Lipinski definition) is 1. The van der Waals surface area contributed by atoms with E-state index in [0.29, 0.717) is 5.02 Å². The van der Waals surface area contributed by atoms with Gasteiger partial charge in [-0.3, -0.25) is 19.2 Å². The van der Waals surface area contributed by atoms with E-state index in [1.54, 1.807) is 0 Å². The number of benzene rings is 3. The van der Waals surface area contributed by atoms with Crippen LogP contribution in [0.25, 0.3) is 11.1 Å². The lowest BCUT2D eigenvalue weighted by molar-refractivity contribution is -0.147. The van der Waals surface area contributed by atoms with E-state index in [4.69, 9.17) is 21.1 Å². The number of esters is 1. The maximum Gasteiger partial charge on any atom is 0.415 e. The maximum absolute atomic E-state index is 13.9. The van der Waals surface area contributed by atoms with E-state index in [1.807, 2.05) is 48.5 Å². The van der Waals surface area contributed by atoms with Gasteiger partial charge in [-0.05, 0) is 46.5 Å². The first-order valence-electron chi connectivity index (χ1n) is 13.0. The van der Waals surface area contributed by atoms with Crippen molar-refractivity contribution in [2.24, 2.45) is 7.05 Å². The third kappa shape index (κ3) is 5.48. The molecule has 4 aromatic rings. The smallest absolute Gasteiger partial charge is 0.415 e. The fourth-order valence-electron chi connectivity index (χ4n) is 5.19. The van der Waals surface area contributed by atoms with E-state index in [9.17, 15) is 24.3 Å². The molecule has 0 aliphatic heterocycles. The molecule has 1 aromatic heterocycles. The largest absolute Gasteiger partial charge is 0.481 e. The monoisotopic (exact) mass is 587 g/mol. The Morgan fingerprint density at radius 1 is 0.976 bits per heavy atom. The highest BCUT2D eigenvalue weighted by Gasteiger charge is 2.39. The van der Waals surface area contributed by atoms with Gasteiger partial charge in [0.05, 0.1) is 19.2 Å². The number of rotatable bonds is 9. The first kappa shape index (κ1) is 28.6. The molecule has 0 radical (unpaired) electrons. The van der Waals surface area contributed by atoms with Crippen molar-refractivity contribution in [2.75, 3.05) is 18.6 Å². The topological polar surface area (TPSA) is 128 Å². The standard InChI is InChI=1S/C31H26ClN3O7/c1-34-16-26(28(33-34)29(38)18-11-13-19(32)14-12-18)35(25(15-27(36)37)30(39)41-2)31(40)42-17-24-22-9-5-3-7-20(22)21-8-4-6-10-23(21)24/h3-14,16,24-25H,15,17H2,1-2H3,(H,36,37)/t25-/m0/s1. The Morgan fingerprint density at radius 2 is 1.57 bits per heavy atom. The van der Waals surface area contributed by atoms with E-state index in [0.717, 1.165) is 34.3 Å². The number of aromatic nitrogens is 2. The zero-order chi connectivity index (χ0) is 30.0. The molecular weight excluding hydrogens is 562 g/mol. The highest BCUT2D eigenvalue weighted by molar-refractivity contribution is 6.30. The molecule has 1 N–H and O–H groups in total. The molecule has 42 heavy (non-hydrogen) atoms. The number of carboxylic acid groups (broad SMARTS) is 1. The highest BCUT2D eigenvalue weighted by atomic mass is 35.5. The van der Waals surface area contributed by atoms with Gasteiger partial charge in [0, 0.05) is 29.7 Å². The Labute approximate surface area is 246 Å². The second kappa shape index (κ2) is 11.9. The van der Waals surface area contributed by atoms with E-state index in [-0.39, 0.29) is 29.5 Å². The van der Waals surface area contributed by atoms with Gasteiger partial charge in [-0.2, -0.15) is 5.10 Å². The van der Waals surface area contributed by atoms with Crippen molar-refractivity contribution in [1.82, 2.24) is 9.78 Å². The van der Waals surface area contributed by atoms with E-state index in [2.05, 4.69) is 5.10 Å². The van der Waals surface area contributed by atoms with Crippen molar-refractivity contribution >= 4 is 41.1 Å². The van der Waals surface area contributed by atoms with Gasteiger partial charge in [-0.1, -0.05) is 60.1 Å². The number of aliphatic carboxylic acids is 1. The number of carbonyl (C=O) groups excluding carboxylic acids is 3. The van der Waals surface area contributed by atoms with Crippen LogP contribution in [0, 0.1) is 0 Å². The second-order valence-corrected chi connectivity index (χ2v) is 10.1. The number of methoxy groups -OCH3 is 1. The van der Waals surface area contributed by atoms with Crippen molar-refractivity contribution in [3.8, 4) is 11.1 Å². The molecule has 0 fully saturated rings. The number of halogens is 1. The van der Waals surface area contributed by atoms with Gasteiger partial charge in [-0.25, -0.2) is 9.59 Å². The molecule has 0 saturated heterocycles. The lowest BCUT2D eigenvalue weighted by atomic mass is 9.98. The van der Waals surface area contributed by atoms with Gasteiger partial charge < -0.3 is 14.6 Å². The molecule has 5 rings (SSSR count). The van der Waals surface area contributed by atoms with Gasteiger partial charge in [-0.15, -0.1) is 0 Å². The van der Waals surface area contributed by atoms with Crippen LogP contribution in [0.5, 0.6) is 0 Å². The molecule has 0 saturated carbocycles. The van der Waals surface area contributed by atoms with E-state index >= 15 is 0 Å². The first-order valence-corrected chi connectivity index (χ1v) is 13.3. The maximum atomic E-state index is 13.9. The summed E-state index contributed by atoms with van der Waals surface area (Å²) in [5.41, 5.74) is 3.90. The van der Waals surface area contributed by atoms with Crippen molar-refractivity contribution in [3.05, 3.63) is 106 Å². The average molecular weight is 588 g/mol. The lowest BCUT2D eigenvalue weighted by Crippen LogP contribution is -2.48. The summed E-state index contributed by atoms with van der Waals surface area (Å²) in [5, 5.41) is 14.3. The summed E-state index contributed by atoms with van der Waals surface area (Å²) in [6.07, 6.45) is -0.491. The Kier molecular flexibility index (Phi) is 8.08. The summed E-state index contributed by atoms with van der Waals surface area (Å²) in [6, 6.07) is 20.0. The van der Waals surface area contributed by atoms with Crippen LogP contribution < -0.4 is 4.90 Å². The van der Waals surface area contributed by atoms with Gasteiger partial charge in [0.15, 0.2) is 5.69 Å². The summed E-state index contributed by atoms with van der Waals surface area (Å²) >= 11 is 5.97. The number of hydrogen-bond acceptors (Lipinski definition) is 7. The first-order chi connectivity index (χ1) is 20.2. The predicted octanol–water partition coefficient (Wildman–Crippen LogP) is 5.08. The Balaban J connectivity index is 1.53. The van der Waals surface area contributed by atoms with Crippen LogP contribution in [-0.2, 0) is 26.1 Å². The molecule has 0 bridgehead atoms. The Hall–Kier alpha value is -4.96. The van der Waals surface area contributed by atoms with Crippen LogP contribution in [0.4, 0.5) is 10.5 Å². The molecule has 1 heterocycles. The average Bonchev–Trinajstić information content (AvgIpc) is 3.52. The molecule has 1 aliphatic carbocycles. The van der Waals surface area contributed by atoms with Gasteiger partial charge >= 0.3 is 18.0 Å². The lowest BCUT2D eigenvalue weighted by Gasteiger charge is -2.28. The van der Waals surface area contributed by atoms with Gasteiger partial charge in [0.25, 0.3) is 0 Å². The number of aryl methyl sites for hydroxylation is 1. The number of fused-ring (bicyclic) bond motifs is 3. The summed E-state index contributed by atoms with van der Waals surface area (Å²) in [6.45, 7) is -0.106. The van der Waals surface area contributed by atoms with Crippen molar-refractivity contribution in [3.63, 3.8) is 0 Å². The fraction of sp³-hybridized carbons (Fsp3) is 0.194. The SMILES string of the molecule is COC(=O)[C@H](CC(=O)O)N(C(=O)OCC1c2ccccc2-c2ccccc21)c1cn(C)nc1C(=O)c1ccc(Cl)cc1. The van der Waals surface area contributed by atoms with Gasteiger partial charge in [0.1, 0.15) is 12.6 Å². The molecule has 1 atom stereocenters. The number of carboxylic acids is 1. The zero-order valence-electron chi connectivity index (χ0n) is 22.7. The van der Waals surface area contributed by atoms with Crippen molar-refractivity contribution in [2.45, 2.75) is 18.4 Å². The van der Waals surface area contributed by atoms with Gasteiger partial charge in [0.2, 0.25) is 5.78 Å². The number of ketones is 1. The van der Waals surface area contributed by atoms with Crippen LogP contribution in [0.15, 0.2) is 79.0 Å². The minimum atomic E-state index is -1.65. The molecule has 0 spiro atoms. The van der Waals surface area contributed by atoms with E-state index < -0.39 is 36.3 Å². The van der Waals surface area contributed by atoms with Crippen LogP contribution in [-0.4, -0.2) is 58.5 Å². The van der Waals surface area contributed by atoms with Crippen LogP contribution in [0.3, 0.4) is 0 Å². The molecule has 1 amide bonds.